The van der Waals surface area contributed by atoms with E-state index in [1.54, 1.807) is 25.7 Å². The zero-order valence-electron chi connectivity index (χ0n) is 16.4. The predicted octanol–water partition coefficient (Wildman–Crippen LogP) is 0.319. The van der Waals surface area contributed by atoms with Crippen LogP contribution >= 0.6 is 0 Å². The summed E-state index contributed by atoms with van der Waals surface area (Å²) in [6, 6.07) is -1.61. The van der Waals surface area contributed by atoms with E-state index in [4.69, 9.17) is 9.47 Å². The topological polar surface area (TPSA) is 105 Å². The van der Waals surface area contributed by atoms with Crippen LogP contribution in [0.5, 0.6) is 0 Å². The molecule has 9 heteroatoms. The van der Waals surface area contributed by atoms with E-state index in [0.29, 0.717) is 39.3 Å². The molecule has 0 unspecified atom stereocenters. The van der Waals surface area contributed by atoms with Crippen LogP contribution in [0.1, 0.15) is 40.5 Å². The van der Waals surface area contributed by atoms with Gasteiger partial charge in [0.1, 0.15) is 23.5 Å². The van der Waals surface area contributed by atoms with Crippen LogP contribution < -0.4 is 5.32 Å². The quantitative estimate of drug-likeness (QED) is 0.733. The smallest absolute Gasteiger partial charge is 0.408 e. The number of nitrogens with zero attached hydrogens (tertiary/aromatic N) is 2. The van der Waals surface area contributed by atoms with Crippen molar-refractivity contribution in [2.24, 2.45) is 0 Å². The number of ether oxygens (including phenoxy) is 2. The third kappa shape index (κ3) is 5.92. The van der Waals surface area contributed by atoms with Crippen molar-refractivity contribution in [3.8, 4) is 0 Å². The van der Waals surface area contributed by atoms with Crippen molar-refractivity contribution in [1.82, 2.24) is 15.1 Å². The molecule has 0 spiro atoms. The molecule has 0 aromatic heterocycles. The third-order valence-electron chi connectivity index (χ3n) is 4.40. The highest BCUT2D eigenvalue weighted by Gasteiger charge is 2.42. The molecule has 2 rings (SSSR count). The normalized spacial score (nSPS) is 21.8. The molecule has 27 heavy (non-hydrogen) atoms. The zero-order chi connectivity index (χ0) is 20.2. The van der Waals surface area contributed by atoms with Gasteiger partial charge in [-0.05, 0) is 34.1 Å². The van der Waals surface area contributed by atoms with E-state index in [9.17, 15) is 19.2 Å². The van der Waals surface area contributed by atoms with E-state index in [-0.39, 0.29) is 24.0 Å². The molecular weight excluding hydrogens is 354 g/mol. The Morgan fingerprint density at radius 2 is 1.85 bits per heavy atom. The largest absolute Gasteiger partial charge is 0.444 e. The molecule has 0 aromatic rings. The van der Waals surface area contributed by atoms with Crippen molar-refractivity contribution < 1.29 is 28.7 Å². The second-order valence-corrected chi connectivity index (χ2v) is 7.88. The van der Waals surface area contributed by atoms with Gasteiger partial charge in [0.05, 0.1) is 13.2 Å². The number of ketones is 1. The number of nitrogens with one attached hydrogen (secondary N) is 1. The number of morpholine rings is 1. The van der Waals surface area contributed by atoms with Gasteiger partial charge >= 0.3 is 6.09 Å². The average Bonchev–Trinajstić information content (AvgIpc) is 2.91. The van der Waals surface area contributed by atoms with E-state index in [1.165, 1.54) is 11.8 Å². The summed E-state index contributed by atoms with van der Waals surface area (Å²) in [4.78, 5) is 52.3. The number of rotatable bonds is 5. The van der Waals surface area contributed by atoms with Crippen LogP contribution in [0.4, 0.5) is 4.79 Å². The summed E-state index contributed by atoms with van der Waals surface area (Å²) in [5.74, 6) is -0.786. The first-order chi connectivity index (χ1) is 12.6. The Balaban J connectivity index is 2.05. The van der Waals surface area contributed by atoms with E-state index >= 15 is 0 Å². The molecule has 2 saturated heterocycles. The summed E-state index contributed by atoms with van der Waals surface area (Å²) in [5.41, 5.74) is -0.672. The van der Waals surface area contributed by atoms with Gasteiger partial charge in [0, 0.05) is 26.1 Å². The lowest BCUT2D eigenvalue weighted by Gasteiger charge is -2.34. The van der Waals surface area contributed by atoms with Crippen LogP contribution in [0, 0.1) is 0 Å². The van der Waals surface area contributed by atoms with Gasteiger partial charge in [-0.1, -0.05) is 0 Å². The van der Waals surface area contributed by atoms with Crippen LogP contribution in [-0.4, -0.2) is 84.0 Å². The first-order valence-corrected chi connectivity index (χ1v) is 9.24. The van der Waals surface area contributed by atoms with Crippen LogP contribution in [0.3, 0.4) is 0 Å². The summed E-state index contributed by atoms with van der Waals surface area (Å²) in [5, 5.41) is 2.56. The number of amides is 3. The first-order valence-electron chi connectivity index (χ1n) is 9.24. The number of hydrogen-bond donors (Lipinski definition) is 1. The highest BCUT2D eigenvalue weighted by Crippen LogP contribution is 2.20. The summed E-state index contributed by atoms with van der Waals surface area (Å²) in [6.07, 6.45) is -0.352. The molecule has 9 nitrogen and oxygen atoms in total. The number of carbonyl (C=O) groups excluding carboxylic acids is 4. The highest BCUT2D eigenvalue weighted by atomic mass is 16.6. The van der Waals surface area contributed by atoms with Gasteiger partial charge in [-0.2, -0.15) is 0 Å². The summed E-state index contributed by atoms with van der Waals surface area (Å²) in [6.45, 7) is 8.66. The van der Waals surface area contributed by atoms with Crippen molar-refractivity contribution in [3.63, 3.8) is 0 Å². The zero-order valence-corrected chi connectivity index (χ0v) is 16.4. The molecule has 2 aliphatic heterocycles. The minimum Gasteiger partial charge on any atom is -0.444 e. The monoisotopic (exact) mass is 383 g/mol. The molecule has 0 aromatic carbocycles. The molecule has 0 saturated carbocycles. The second kappa shape index (κ2) is 8.69. The predicted molar refractivity (Wildman–Crippen MR) is 96.0 cm³/mol. The van der Waals surface area contributed by atoms with Gasteiger partial charge in [-0.3, -0.25) is 14.4 Å². The lowest BCUT2D eigenvalue weighted by atomic mass is 10.1. The molecule has 1 N–H and O–H groups in total. The van der Waals surface area contributed by atoms with Crippen molar-refractivity contribution in [3.05, 3.63) is 0 Å². The van der Waals surface area contributed by atoms with Crippen LogP contribution in [0.2, 0.25) is 0 Å². The maximum Gasteiger partial charge on any atom is 0.408 e. The third-order valence-corrected chi connectivity index (χ3v) is 4.40. The average molecular weight is 383 g/mol. The number of Topliss-reactive ketones (excluding diaryl/α,β-unsaturated/α-hetero) is 1. The van der Waals surface area contributed by atoms with E-state index in [1.807, 2.05) is 0 Å². The molecule has 0 bridgehead atoms. The fourth-order valence-electron chi connectivity index (χ4n) is 3.19. The molecule has 3 amide bonds. The van der Waals surface area contributed by atoms with Crippen molar-refractivity contribution in [2.45, 2.75) is 58.2 Å². The first kappa shape index (κ1) is 21.1. The number of carbonyl (C=O) groups is 4. The molecule has 2 atom stereocenters. The Kier molecular flexibility index (Phi) is 6.80. The molecule has 152 valence electrons. The van der Waals surface area contributed by atoms with E-state index in [0.717, 1.165) is 0 Å². The maximum atomic E-state index is 12.9. The van der Waals surface area contributed by atoms with Gasteiger partial charge in [0.25, 0.3) is 0 Å². The second-order valence-electron chi connectivity index (χ2n) is 7.88. The SMILES string of the molecule is CC(=O)C[C@@H](C(=O)N1CCOCC1)N1CC[C@H](NC(=O)OC(C)(C)C)C1=O. The van der Waals surface area contributed by atoms with Gasteiger partial charge in [-0.15, -0.1) is 0 Å². The molecule has 2 heterocycles. The molecule has 2 aliphatic rings. The summed E-state index contributed by atoms with van der Waals surface area (Å²) in [7, 11) is 0. The standard InChI is InChI=1S/C18H29N3O6/c1-12(22)11-14(16(24)20-7-9-26-10-8-20)21-6-5-13(15(21)23)19-17(25)27-18(2,3)4/h13-14H,5-11H2,1-4H3,(H,19,25)/t13-,14-/m0/s1. The lowest BCUT2D eigenvalue weighted by Crippen LogP contribution is -2.54. The van der Waals surface area contributed by atoms with Gasteiger partial charge in [-0.25, -0.2) is 4.79 Å². The van der Waals surface area contributed by atoms with Crippen LogP contribution in [-0.2, 0) is 23.9 Å². The number of alkyl carbamates (subject to hydrolysis) is 1. The van der Waals surface area contributed by atoms with Crippen LogP contribution in [0.25, 0.3) is 0 Å². The molecular formula is C18H29N3O6. The number of hydrogen-bond acceptors (Lipinski definition) is 6. The van der Waals surface area contributed by atoms with Crippen molar-refractivity contribution in [1.29, 1.82) is 0 Å². The van der Waals surface area contributed by atoms with E-state index in [2.05, 4.69) is 5.32 Å². The fourth-order valence-corrected chi connectivity index (χ4v) is 3.19. The van der Waals surface area contributed by atoms with E-state index < -0.39 is 23.8 Å². The minimum absolute atomic E-state index is 0.0406. The van der Waals surface area contributed by atoms with Gasteiger partial charge < -0.3 is 24.6 Å². The lowest BCUT2D eigenvalue weighted by molar-refractivity contribution is -0.148. The van der Waals surface area contributed by atoms with Crippen LogP contribution in [0.15, 0.2) is 0 Å². The molecule has 0 radical (unpaired) electrons. The molecule has 0 aliphatic carbocycles. The maximum absolute atomic E-state index is 12.9. The summed E-state index contributed by atoms with van der Waals surface area (Å²) >= 11 is 0. The van der Waals surface area contributed by atoms with Crippen molar-refractivity contribution >= 4 is 23.7 Å². The van der Waals surface area contributed by atoms with Gasteiger partial charge in [0.15, 0.2) is 0 Å². The minimum atomic E-state index is -0.849. The Hall–Kier alpha value is -2.16. The Labute approximate surface area is 159 Å². The van der Waals surface area contributed by atoms with Crippen molar-refractivity contribution in [2.75, 3.05) is 32.8 Å². The fraction of sp³-hybridized carbons (Fsp3) is 0.778. The Morgan fingerprint density at radius 1 is 1.22 bits per heavy atom. The Bertz CT molecular complexity index is 594. The van der Waals surface area contributed by atoms with Gasteiger partial charge in [0.2, 0.25) is 11.8 Å². The Morgan fingerprint density at radius 3 is 2.41 bits per heavy atom. The summed E-state index contributed by atoms with van der Waals surface area (Å²) < 4.78 is 10.4. The highest BCUT2D eigenvalue weighted by molar-refractivity contribution is 5.95. The number of likely N-dealkylation sites (tertiary alicyclic amines) is 1. The molecule has 2 fully saturated rings.